The van der Waals surface area contributed by atoms with E-state index in [-0.39, 0.29) is 11.9 Å². The van der Waals surface area contributed by atoms with Crippen LogP contribution in [0.5, 0.6) is 0 Å². The fraction of sp³-hybridized carbons (Fsp3) is 0.429. The second kappa shape index (κ2) is 7.32. The van der Waals surface area contributed by atoms with Gasteiger partial charge in [0.1, 0.15) is 5.82 Å². The first-order chi connectivity index (χ1) is 8.20. The van der Waals surface area contributed by atoms with Gasteiger partial charge in [0.2, 0.25) is 0 Å². The topological polar surface area (TPSA) is 12.0 Å². The maximum absolute atomic E-state index is 13.8. The lowest BCUT2D eigenvalue weighted by Crippen LogP contribution is -2.22. The highest BCUT2D eigenvalue weighted by Crippen LogP contribution is 2.28. The minimum Gasteiger partial charge on any atom is -0.310 e. The molecule has 0 saturated carbocycles. The van der Waals surface area contributed by atoms with E-state index in [1.54, 1.807) is 19.1 Å². The maximum Gasteiger partial charge on any atom is 0.129 e. The van der Waals surface area contributed by atoms with Crippen molar-refractivity contribution in [3.63, 3.8) is 0 Å². The van der Waals surface area contributed by atoms with Crippen LogP contribution in [0, 0.1) is 17.7 Å². The molecule has 0 aliphatic carbocycles. The van der Waals surface area contributed by atoms with E-state index in [1.807, 2.05) is 6.92 Å². The molecule has 1 nitrogen and oxygen atoms in total. The Kier molecular flexibility index (Phi) is 6.04. The summed E-state index contributed by atoms with van der Waals surface area (Å²) in [4.78, 5) is 0. The van der Waals surface area contributed by atoms with Crippen LogP contribution >= 0.6 is 11.6 Å². The number of nitrogens with one attached hydrogen (secondary N) is 1. The number of hydrogen-bond donors (Lipinski definition) is 1. The molecule has 17 heavy (non-hydrogen) atoms. The highest BCUT2D eigenvalue weighted by atomic mass is 35.5. The molecule has 1 atom stereocenters. The van der Waals surface area contributed by atoms with Gasteiger partial charge >= 0.3 is 0 Å². The molecule has 1 aromatic carbocycles. The molecule has 0 aromatic heterocycles. The molecular formula is C14H17ClFN. The first-order valence-corrected chi connectivity index (χ1v) is 6.15. The van der Waals surface area contributed by atoms with Crippen LogP contribution in [0.3, 0.4) is 0 Å². The van der Waals surface area contributed by atoms with Crippen molar-refractivity contribution in [1.82, 2.24) is 5.32 Å². The first-order valence-electron chi connectivity index (χ1n) is 5.77. The SMILES string of the molecule is CC#CCCC(NCC)c1c(F)cccc1Cl. The van der Waals surface area contributed by atoms with Crippen molar-refractivity contribution in [1.29, 1.82) is 0 Å². The van der Waals surface area contributed by atoms with Crippen LogP contribution < -0.4 is 5.32 Å². The summed E-state index contributed by atoms with van der Waals surface area (Å²) in [6.07, 6.45) is 1.49. The number of hydrogen-bond acceptors (Lipinski definition) is 1. The number of halogens is 2. The average Bonchev–Trinajstić information content (AvgIpc) is 2.29. The highest BCUT2D eigenvalue weighted by Gasteiger charge is 2.17. The van der Waals surface area contributed by atoms with Crippen molar-refractivity contribution in [2.24, 2.45) is 0 Å². The number of rotatable bonds is 5. The summed E-state index contributed by atoms with van der Waals surface area (Å²) < 4.78 is 13.8. The molecule has 3 heteroatoms. The van der Waals surface area contributed by atoms with Crippen molar-refractivity contribution in [2.75, 3.05) is 6.54 Å². The molecule has 0 fully saturated rings. The Morgan fingerprint density at radius 2 is 2.24 bits per heavy atom. The van der Waals surface area contributed by atoms with E-state index in [4.69, 9.17) is 11.6 Å². The molecule has 0 heterocycles. The van der Waals surface area contributed by atoms with Gasteiger partial charge in [0.15, 0.2) is 0 Å². The summed E-state index contributed by atoms with van der Waals surface area (Å²) in [7, 11) is 0. The second-order valence-corrected chi connectivity index (χ2v) is 4.12. The lowest BCUT2D eigenvalue weighted by Gasteiger charge is -2.19. The van der Waals surface area contributed by atoms with Gasteiger partial charge < -0.3 is 5.32 Å². The van der Waals surface area contributed by atoms with Crippen LogP contribution in [-0.4, -0.2) is 6.54 Å². The van der Waals surface area contributed by atoms with Crippen LogP contribution in [-0.2, 0) is 0 Å². The fourth-order valence-electron chi connectivity index (χ4n) is 1.78. The molecule has 1 aromatic rings. The lowest BCUT2D eigenvalue weighted by atomic mass is 10.0. The van der Waals surface area contributed by atoms with Gasteiger partial charge in [0.25, 0.3) is 0 Å². The smallest absolute Gasteiger partial charge is 0.129 e. The van der Waals surface area contributed by atoms with Gasteiger partial charge in [-0.3, -0.25) is 0 Å². The van der Waals surface area contributed by atoms with Gasteiger partial charge in [-0.2, -0.15) is 0 Å². The number of benzene rings is 1. The fourth-order valence-corrected chi connectivity index (χ4v) is 2.07. The summed E-state index contributed by atoms with van der Waals surface area (Å²) in [6.45, 7) is 4.57. The van der Waals surface area contributed by atoms with E-state index >= 15 is 0 Å². The zero-order valence-corrected chi connectivity index (χ0v) is 10.9. The third-order valence-electron chi connectivity index (χ3n) is 2.53. The van der Waals surface area contributed by atoms with Crippen molar-refractivity contribution >= 4 is 11.6 Å². The molecule has 1 rings (SSSR count). The lowest BCUT2D eigenvalue weighted by molar-refractivity contribution is 0.491. The normalized spacial score (nSPS) is 11.8. The molecule has 1 N–H and O–H groups in total. The molecule has 0 radical (unpaired) electrons. The van der Waals surface area contributed by atoms with E-state index in [2.05, 4.69) is 17.2 Å². The van der Waals surface area contributed by atoms with Crippen LogP contribution in [0.25, 0.3) is 0 Å². The van der Waals surface area contributed by atoms with Crippen molar-refractivity contribution in [3.05, 3.63) is 34.6 Å². The van der Waals surface area contributed by atoms with E-state index in [0.29, 0.717) is 10.6 Å². The molecule has 0 saturated heterocycles. The monoisotopic (exact) mass is 253 g/mol. The Hall–Kier alpha value is -1.04. The molecule has 1 unspecified atom stereocenters. The first kappa shape index (κ1) is 14.0. The van der Waals surface area contributed by atoms with Gasteiger partial charge in [-0.1, -0.05) is 24.6 Å². The minimum absolute atomic E-state index is 0.0745. The molecule has 92 valence electrons. The van der Waals surface area contributed by atoms with E-state index < -0.39 is 0 Å². The van der Waals surface area contributed by atoms with Crippen LogP contribution in [0.1, 0.15) is 38.3 Å². The van der Waals surface area contributed by atoms with E-state index in [9.17, 15) is 4.39 Å². The second-order valence-electron chi connectivity index (χ2n) is 3.71. The maximum atomic E-state index is 13.8. The minimum atomic E-state index is -0.257. The van der Waals surface area contributed by atoms with Crippen LogP contribution in [0.4, 0.5) is 4.39 Å². The largest absolute Gasteiger partial charge is 0.310 e. The van der Waals surface area contributed by atoms with Gasteiger partial charge in [0, 0.05) is 23.0 Å². The zero-order chi connectivity index (χ0) is 12.7. The summed E-state index contributed by atoms with van der Waals surface area (Å²) in [5.74, 6) is 5.58. The quantitative estimate of drug-likeness (QED) is 0.784. The Labute approximate surface area is 107 Å². The van der Waals surface area contributed by atoms with Crippen LogP contribution in [0.15, 0.2) is 18.2 Å². The van der Waals surface area contributed by atoms with E-state index in [0.717, 1.165) is 19.4 Å². The van der Waals surface area contributed by atoms with Crippen LogP contribution in [0.2, 0.25) is 5.02 Å². The van der Waals surface area contributed by atoms with Gasteiger partial charge in [-0.25, -0.2) is 4.39 Å². The Balaban J connectivity index is 2.90. The van der Waals surface area contributed by atoms with Crippen molar-refractivity contribution in [2.45, 2.75) is 32.7 Å². The third-order valence-corrected chi connectivity index (χ3v) is 2.86. The summed E-state index contributed by atoms with van der Waals surface area (Å²) in [5.41, 5.74) is 0.550. The molecule has 0 aliphatic heterocycles. The van der Waals surface area contributed by atoms with Gasteiger partial charge in [-0.05, 0) is 32.0 Å². The van der Waals surface area contributed by atoms with Gasteiger partial charge in [-0.15, -0.1) is 11.8 Å². The molecule has 0 aliphatic rings. The third kappa shape index (κ3) is 4.03. The molecular weight excluding hydrogens is 237 g/mol. The Morgan fingerprint density at radius 3 is 2.82 bits per heavy atom. The Morgan fingerprint density at radius 1 is 1.47 bits per heavy atom. The van der Waals surface area contributed by atoms with E-state index in [1.165, 1.54) is 6.07 Å². The standard InChI is InChI=1S/C14H17ClFN/c1-3-5-6-10-13(17-4-2)14-11(15)8-7-9-12(14)16/h7-9,13,17H,4,6,10H2,1-2H3. The van der Waals surface area contributed by atoms with Crippen molar-refractivity contribution in [3.8, 4) is 11.8 Å². The summed E-state index contributed by atoms with van der Waals surface area (Å²) in [6, 6.07) is 4.71. The zero-order valence-electron chi connectivity index (χ0n) is 10.2. The summed E-state index contributed by atoms with van der Waals surface area (Å²) >= 11 is 6.06. The van der Waals surface area contributed by atoms with Crippen molar-refractivity contribution < 1.29 is 4.39 Å². The molecule has 0 amide bonds. The predicted octanol–water partition coefficient (Wildman–Crippen LogP) is 3.93. The molecule has 0 bridgehead atoms. The highest BCUT2D eigenvalue weighted by molar-refractivity contribution is 6.31. The predicted molar refractivity (Wildman–Crippen MR) is 70.5 cm³/mol. The Bertz CT molecular complexity index is 400. The molecule has 0 spiro atoms. The van der Waals surface area contributed by atoms with Gasteiger partial charge in [0.05, 0.1) is 0 Å². The average molecular weight is 254 g/mol. The summed E-state index contributed by atoms with van der Waals surface area (Å²) in [5, 5.41) is 3.72.